The first-order valence-corrected chi connectivity index (χ1v) is 5.92. The second-order valence-electron chi connectivity index (χ2n) is 4.02. The zero-order chi connectivity index (χ0) is 11.6. The number of hydrogen-bond acceptors (Lipinski definition) is 3. The maximum atomic E-state index is 5.06. The summed E-state index contributed by atoms with van der Waals surface area (Å²) in [6.07, 6.45) is 8.30. The van der Waals surface area contributed by atoms with E-state index in [1.165, 1.54) is 12.0 Å². The maximum absolute atomic E-state index is 5.06. The first kappa shape index (κ1) is 13.1. The highest BCUT2D eigenvalue weighted by molar-refractivity contribution is 5.08. The minimum absolute atomic E-state index is 0.579. The fourth-order valence-electron chi connectivity index (χ4n) is 1.79. The standard InChI is InChI=1S/C13H22N2O/c1-14-13(6-4-10-16-2)8-7-12-5-3-9-15-11-12/h3,5,9,11,13-14H,4,6-8,10H2,1-2H3. The van der Waals surface area contributed by atoms with Crippen LogP contribution in [0.25, 0.3) is 0 Å². The molecule has 0 spiro atoms. The molecule has 0 fully saturated rings. The molecular weight excluding hydrogens is 200 g/mol. The number of aryl methyl sites for hydroxylation is 1. The van der Waals surface area contributed by atoms with Crippen LogP contribution in [0.2, 0.25) is 0 Å². The first-order valence-electron chi connectivity index (χ1n) is 5.92. The Bertz CT molecular complexity index is 264. The summed E-state index contributed by atoms with van der Waals surface area (Å²) in [5.41, 5.74) is 1.31. The van der Waals surface area contributed by atoms with Gasteiger partial charge in [0, 0.05) is 32.2 Å². The van der Waals surface area contributed by atoms with Gasteiger partial charge in [-0.3, -0.25) is 4.98 Å². The number of aromatic nitrogens is 1. The number of methoxy groups -OCH3 is 1. The number of hydrogen-bond donors (Lipinski definition) is 1. The molecule has 3 heteroatoms. The van der Waals surface area contributed by atoms with Gasteiger partial charge in [-0.2, -0.15) is 0 Å². The predicted molar refractivity (Wildman–Crippen MR) is 66.5 cm³/mol. The second-order valence-corrected chi connectivity index (χ2v) is 4.02. The van der Waals surface area contributed by atoms with Crippen LogP contribution in [0.1, 0.15) is 24.8 Å². The molecule has 1 N–H and O–H groups in total. The quantitative estimate of drug-likeness (QED) is 0.683. The Morgan fingerprint density at radius 3 is 2.94 bits per heavy atom. The lowest BCUT2D eigenvalue weighted by molar-refractivity contribution is 0.188. The van der Waals surface area contributed by atoms with Crippen LogP contribution in [-0.2, 0) is 11.2 Å². The van der Waals surface area contributed by atoms with Gasteiger partial charge < -0.3 is 10.1 Å². The molecule has 1 unspecified atom stereocenters. The van der Waals surface area contributed by atoms with Crippen molar-refractivity contribution in [1.82, 2.24) is 10.3 Å². The molecule has 1 aromatic heterocycles. The number of pyridine rings is 1. The monoisotopic (exact) mass is 222 g/mol. The summed E-state index contributed by atoms with van der Waals surface area (Å²) >= 11 is 0. The predicted octanol–water partition coefficient (Wildman–Crippen LogP) is 2.03. The van der Waals surface area contributed by atoms with E-state index in [1.807, 2.05) is 25.5 Å². The Balaban J connectivity index is 2.23. The Labute approximate surface area is 98.2 Å². The van der Waals surface area contributed by atoms with Gasteiger partial charge in [-0.25, -0.2) is 0 Å². The number of nitrogens with zero attached hydrogens (tertiary/aromatic N) is 1. The van der Waals surface area contributed by atoms with E-state index in [4.69, 9.17) is 4.74 Å². The van der Waals surface area contributed by atoms with Gasteiger partial charge in [-0.15, -0.1) is 0 Å². The van der Waals surface area contributed by atoms with Gasteiger partial charge in [0.1, 0.15) is 0 Å². The van der Waals surface area contributed by atoms with E-state index in [9.17, 15) is 0 Å². The van der Waals surface area contributed by atoms with E-state index in [0.29, 0.717) is 6.04 Å². The summed E-state index contributed by atoms with van der Waals surface area (Å²) in [4.78, 5) is 4.12. The van der Waals surface area contributed by atoms with E-state index >= 15 is 0 Å². The maximum Gasteiger partial charge on any atom is 0.0462 e. The molecule has 0 amide bonds. The summed E-state index contributed by atoms with van der Waals surface area (Å²) in [5, 5.41) is 3.36. The first-order chi connectivity index (χ1) is 7.86. The minimum Gasteiger partial charge on any atom is -0.385 e. The molecule has 1 rings (SSSR count). The van der Waals surface area contributed by atoms with Crippen molar-refractivity contribution in [3.8, 4) is 0 Å². The largest absolute Gasteiger partial charge is 0.385 e. The molecule has 0 aromatic carbocycles. The van der Waals surface area contributed by atoms with Gasteiger partial charge in [0.25, 0.3) is 0 Å². The van der Waals surface area contributed by atoms with Crippen molar-refractivity contribution < 1.29 is 4.74 Å². The molecule has 1 heterocycles. The zero-order valence-electron chi connectivity index (χ0n) is 10.3. The van der Waals surface area contributed by atoms with E-state index in [-0.39, 0.29) is 0 Å². The molecule has 1 aromatic rings. The van der Waals surface area contributed by atoms with Gasteiger partial charge in [-0.05, 0) is 44.4 Å². The van der Waals surface area contributed by atoms with Crippen LogP contribution in [-0.4, -0.2) is 31.8 Å². The molecule has 3 nitrogen and oxygen atoms in total. The van der Waals surface area contributed by atoms with E-state index in [0.717, 1.165) is 25.9 Å². The minimum atomic E-state index is 0.579. The Morgan fingerprint density at radius 1 is 1.44 bits per heavy atom. The highest BCUT2D eigenvalue weighted by Crippen LogP contribution is 2.07. The molecular formula is C13H22N2O. The van der Waals surface area contributed by atoms with E-state index < -0.39 is 0 Å². The topological polar surface area (TPSA) is 34.1 Å². The highest BCUT2D eigenvalue weighted by Gasteiger charge is 2.05. The summed E-state index contributed by atoms with van der Waals surface area (Å²) in [5.74, 6) is 0. The van der Waals surface area contributed by atoms with E-state index in [1.54, 1.807) is 7.11 Å². The molecule has 90 valence electrons. The summed E-state index contributed by atoms with van der Waals surface area (Å²) in [6, 6.07) is 4.71. The van der Waals surface area contributed by atoms with Crippen molar-refractivity contribution >= 4 is 0 Å². The molecule has 0 aliphatic heterocycles. The second kappa shape index (κ2) is 8.25. The van der Waals surface area contributed by atoms with Crippen molar-refractivity contribution in [2.75, 3.05) is 20.8 Å². The molecule has 0 radical (unpaired) electrons. The third-order valence-corrected chi connectivity index (χ3v) is 2.81. The fraction of sp³-hybridized carbons (Fsp3) is 0.615. The molecule has 16 heavy (non-hydrogen) atoms. The summed E-state index contributed by atoms with van der Waals surface area (Å²) in [6.45, 7) is 0.852. The SMILES string of the molecule is CNC(CCCOC)CCc1cccnc1. The average Bonchev–Trinajstić information content (AvgIpc) is 2.35. The Kier molecular flexibility index (Phi) is 6.77. The normalized spacial score (nSPS) is 12.6. The number of ether oxygens (including phenoxy) is 1. The lowest BCUT2D eigenvalue weighted by Crippen LogP contribution is -2.26. The fourth-order valence-corrected chi connectivity index (χ4v) is 1.79. The Morgan fingerprint density at radius 2 is 2.31 bits per heavy atom. The average molecular weight is 222 g/mol. The molecule has 0 aliphatic carbocycles. The third-order valence-electron chi connectivity index (χ3n) is 2.81. The van der Waals surface area contributed by atoms with Crippen LogP contribution in [0.15, 0.2) is 24.5 Å². The van der Waals surface area contributed by atoms with Gasteiger partial charge in [0.2, 0.25) is 0 Å². The number of nitrogens with one attached hydrogen (secondary N) is 1. The highest BCUT2D eigenvalue weighted by atomic mass is 16.5. The van der Waals surface area contributed by atoms with Crippen molar-refractivity contribution in [2.45, 2.75) is 31.7 Å². The summed E-state index contributed by atoms with van der Waals surface area (Å²) in [7, 11) is 3.78. The Hall–Kier alpha value is -0.930. The van der Waals surface area contributed by atoms with Crippen molar-refractivity contribution in [3.05, 3.63) is 30.1 Å². The van der Waals surface area contributed by atoms with E-state index in [2.05, 4.69) is 16.4 Å². The van der Waals surface area contributed by atoms with Crippen LogP contribution < -0.4 is 5.32 Å². The van der Waals surface area contributed by atoms with Crippen LogP contribution in [0.5, 0.6) is 0 Å². The molecule has 0 bridgehead atoms. The van der Waals surface area contributed by atoms with Crippen LogP contribution in [0.3, 0.4) is 0 Å². The molecule has 0 saturated carbocycles. The zero-order valence-corrected chi connectivity index (χ0v) is 10.3. The van der Waals surface area contributed by atoms with Crippen molar-refractivity contribution in [1.29, 1.82) is 0 Å². The van der Waals surface area contributed by atoms with Gasteiger partial charge in [0.15, 0.2) is 0 Å². The van der Waals surface area contributed by atoms with Gasteiger partial charge >= 0.3 is 0 Å². The van der Waals surface area contributed by atoms with Gasteiger partial charge in [-0.1, -0.05) is 6.07 Å². The van der Waals surface area contributed by atoms with Crippen LogP contribution >= 0.6 is 0 Å². The lowest BCUT2D eigenvalue weighted by atomic mass is 10.0. The van der Waals surface area contributed by atoms with Crippen LogP contribution in [0, 0.1) is 0 Å². The van der Waals surface area contributed by atoms with Crippen molar-refractivity contribution in [2.24, 2.45) is 0 Å². The molecule has 1 atom stereocenters. The number of rotatable bonds is 8. The third kappa shape index (κ3) is 5.24. The van der Waals surface area contributed by atoms with Crippen molar-refractivity contribution in [3.63, 3.8) is 0 Å². The van der Waals surface area contributed by atoms with Crippen LogP contribution in [0.4, 0.5) is 0 Å². The lowest BCUT2D eigenvalue weighted by Gasteiger charge is -2.15. The smallest absolute Gasteiger partial charge is 0.0462 e. The molecule has 0 saturated heterocycles. The summed E-state index contributed by atoms with van der Waals surface area (Å²) < 4.78 is 5.06. The molecule has 0 aliphatic rings. The van der Waals surface area contributed by atoms with Gasteiger partial charge in [0.05, 0.1) is 0 Å².